The summed E-state index contributed by atoms with van der Waals surface area (Å²) in [5, 5.41) is 8.65. The van der Waals surface area contributed by atoms with Crippen LogP contribution in [0.5, 0.6) is 0 Å². The number of aromatic nitrogens is 2. The van der Waals surface area contributed by atoms with Crippen LogP contribution in [-0.2, 0) is 11.2 Å². The normalized spacial score (nSPS) is 10.6. The monoisotopic (exact) mass is 262 g/mol. The number of nitrogens with one attached hydrogen (secondary N) is 1. The second kappa shape index (κ2) is 5.09. The van der Waals surface area contributed by atoms with Gasteiger partial charge in [0.1, 0.15) is 11.6 Å². The number of aliphatic carboxylic acids is 1. The number of aryl methyl sites for hydroxylation is 2. The number of carbonyl (C=O) groups is 1. The van der Waals surface area contributed by atoms with E-state index in [0.717, 1.165) is 5.56 Å². The van der Waals surface area contributed by atoms with Gasteiger partial charge in [-0.1, -0.05) is 0 Å². The molecule has 6 nitrogen and oxygen atoms in total. The van der Waals surface area contributed by atoms with Crippen LogP contribution in [0, 0.1) is 13.8 Å². The molecular formula is C13H14N2O4. The highest BCUT2D eigenvalue weighted by Crippen LogP contribution is 2.20. The molecule has 0 aliphatic heterocycles. The van der Waals surface area contributed by atoms with Gasteiger partial charge in [-0.3, -0.25) is 9.59 Å². The molecule has 0 saturated carbocycles. The Balaban J connectivity index is 2.40. The molecule has 100 valence electrons. The average molecular weight is 262 g/mol. The van der Waals surface area contributed by atoms with Crippen molar-refractivity contribution in [2.45, 2.75) is 26.7 Å². The first-order valence-electron chi connectivity index (χ1n) is 5.85. The molecule has 2 aromatic heterocycles. The summed E-state index contributed by atoms with van der Waals surface area (Å²) >= 11 is 0. The molecule has 2 heterocycles. The third kappa shape index (κ3) is 2.73. The van der Waals surface area contributed by atoms with Crippen molar-refractivity contribution in [1.82, 2.24) is 9.97 Å². The first kappa shape index (κ1) is 13.1. The number of hydrogen-bond donors (Lipinski definition) is 2. The van der Waals surface area contributed by atoms with Gasteiger partial charge in [-0.05, 0) is 26.3 Å². The van der Waals surface area contributed by atoms with Crippen LogP contribution in [0.2, 0.25) is 0 Å². The number of carboxylic acids is 1. The van der Waals surface area contributed by atoms with Crippen molar-refractivity contribution in [3.8, 4) is 11.4 Å². The van der Waals surface area contributed by atoms with E-state index < -0.39 is 5.97 Å². The molecule has 2 rings (SSSR count). The van der Waals surface area contributed by atoms with Crippen LogP contribution in [0.1, 0.15) is 23.4 Å². The Morgan fingerprint density at radius 1 is 1.47 bits per heavy atom. The Bertz CT molecular complexity index is 670. The van der Waals surface area contributed by atoms with E-state index in [-0.39, 0.29) is 18.4 Å². The van der Waals surface area contributed by atoms with Crippen molar-refractivity contribution in [2.75, 3.05) is 0 Å². The average Bonchev–Trinajstić information content (AvgIpc) is 2.73. The topological polar surface area (TPSA) is 96.2 Å². The van der Waals surface area contributed by atoms with Gasteiger partial charge in [-0.15, -0.1) is 0 Å². The largest absolute Gasteiger partial charge is 0.481 e. The Kier molecular flexibility index (Phi) is 3.50. The van der Waals surface area contributed by atoms with Crippen LogP contribution < -0.4 is 5.56 Å². The molecule has 0 aliphatic rings. The Morgan fingerprint density at radius 2 is 2.21 bits per heavy atom. The predicted molar refractivity (Wildman–Crippen MR) is 68.0 cm³/mol. The van der Waals surface area contributed by atoms with E-state index in [4.69, 9.17) is 9.52 Å². The van der Waals surface area contributed by atoms with Crippen molar-refractivity contribution < 1.29 is 14.3 Å². The maximum Gasteiger partial charge on any atom is 0.303 e. The lowest BCUT2D eigenvalue weighted by Crippen LogP contribution is -2.18. The van der Waals surface area contributed by atoms with Crippen molar-refractivity contribution in [3.05, 3.63) is 39.7 Å². The lowest BCUT2D eigenvalue weighted by Gasteiger charge is -2.05. The third-order valence-corrected chi connectivity index (χ3v) is 2.93. The summed E-state index contributed by atoms with van der Waals surface area (Å²) in [5.41, 5.74) is 1.38. The first-order chi connectivity index (χ1) is 8.99. The van der Waals surface area contributed by atoms with Crippen molar-refractivity contribution >= 4 is 5.97 Å². The van der Waals surface area contributed by atoms with Gasteiger partial charge >= 0.3 is 5.97 Å². The highest BCUT2D eigenvalue weighted by molar-refractivity contribution is 5.67. The third-order valence-electron chi connectivity index (χ3n) is 2.93. The van der Waals surface area contributed by atoms with Gasteiger partial charge in [-0.2, -0.15) is 0 Å². The molecule has 2 aromatic rings. The van der Waals surface area contributed by atoms with E-state index in [2.05, 4.69) is 9.97 Å². The molecule has 19 heavy (non-hydrogen) atoms. The Labute approximate surface area is 109 Å². The molecule has 0 atom stereocenters. The molecule has 0 radical (unpaired) electrons. The molecule has 6 heteroatoms. The zero-order valence-electron chi connectivity index (χ0n) is 10.7. The number of H-pyrrole nitrogens is 1. The van der Waals surface area contributed by atoms with Gasteiger partial charge < -0.3 is 14.5 Å². The number of rotatable bonds is 4. The van der Waals surface area contributed by atoms with Gasteiger partial charge in [0, 0.05) is 17.7 Å². The molecule has 0 aliphatic carbocycles. The number of nitrogens with zero attached hydrogens (tertiary/aromatic N) is 1. The van der Waals surface area contributed by atoms with Gasteiger partial charge in [0.2, 0.25) is 0 Å². The summed E-state index contributed by atoms with van der Waals surface area (Å²) in [6.07, 6.45) is 1.61. The number of carboxylic acid groups (broad SMARTS) is 1. The highest BCUT2D eigenvalue weighted by atomic mass is 16.4. The van der Waals surface area contributed by atoms with Crippen LogP contribution in [0.3, 0.4) is 0 Å². The fourth-order valence-corrected chi connectivity index (χ4v) is 1.89. The summed E-state index contributed by atoms with van der Waals surface area (Å²) in [4.78, 5) is 29.5. The fourth-order valence-electron chi connectivity index (χ4n) is 1.89. The summed E-state index contributed by atoms with van der Waals surface area (Å²) in [5.74, 6) is 0.169. The zero-order chi connectivity index (χ0) is 14.0. The number of furan rings is 1. The van der Waals surface area contributed by atoms with E-state index in [1.54, 1.807) is 19.9 Å². The first-order valence-corrected chi connectivity index (χ1v) is 5.85. The second-order valence-electron chi connectivity index (χ2n) is 4.26. The maximum atomic E-state index is 12.0. The van der Waals surface area contributed by atoms with E-state index in [9.17, 15) is 9.59 Å². The molecule has 0 amide bonds. The van der Waals surface area contributed by atoms with Crippen molar-refractivity contribution in [3.63, 3.8) is 0 Å². The lowest BCUT2D eigenvalue weighted by atomic mass is 10.1. The minimum atomic E-state index is -0.937. The second-order valence-corrected chi connectivity index (χ2v) is 4.26. The SMILES string of the molecule is Cc1nc(-c2ccoc2C)[nH]c(=O)c1CCC(=O)O. The number of hydrogen-bond acceptors (Lipinski definition) is 4. The molecule has 0 fully saturated rings. The minimum Gasteiger partial charge on any atom is -0.481 e. The smallest absolute Gasteiger partial charge is 0.303 e. The van der Waals surface area contributed by atoms with E-state index in [1.807, 2.05) is 0 Å². The summed E-state index contributed by atoms with van der Waals surface area (Å²) < 4.78 is 5.17. The maximum absolute atomic E-state index is 12.0. The molecule has 0 saturated heterocycles. The predicted octanol–water partition coefficient (Wildman–Crippen LogP) is 1.66. The molecule has 0 aromatic carbocycles. The standard InChI is InChI=1S/C13H14N2O4/c1-7-9(3-4-11(16)17)13(18)15-12(14-7)10-5-6-19-8(10)2/h5-6H,3-4H2,1-2H3,(H,16,17)(H,14,15,18). The van der Waals surface area contributed by atoms with Crippen LogP contribution >= 0.6 is 0 Å². The fraction of sp³-hybridized carbons (Fsp3) is 0.308. The van der Waals surface area contributed by atoms with Crippen LogP contribution in [-0.4, -0.2) is 21.0 Å². The van der Waals surface area contributed by atoms with Crippen molar-refractivity contribution in [2.24, 2.45) is 0 Å². The van der Waals surface area contributed by atoms with E-state index in [0.29, 0.717) is 22.8 Å². The molecular weight excluding hydrogens is 248 g/mol. The lowest BCUT2D eigenvalue weighted by molar-refractivity contribution is -0.136. The minimum absolute atomic E-state index is 0.0876. The summed E-state index contributed by atoms with van der Waals surface area (Å²) in [7, 11) is 0. The molecule has 0 unspecified atom stereocenters. The van der Waals surface area contributed by atoms with Crippen LogP contribution in [0.15, 0.2) is 21.5 Å². The van der Waals surface area contributed by atoms with Gasteiger partial charge in [-0.25, -0.2) is 4.98 Å². The summed E-state index contributed by atoms with van der Waals surface area (Å²) in [6, 6.07) is 1.73. The van der Waals surface area contributed by atoms with E-state index in [1.165, 1.54) is 6.26 Å². The van der Waals surface area contributed by atoms with E-state index >= 15 is 0 Å². The molecule has 0 spiro atoms. The molecule has 0 bridgehead atoms. The van der Waals surface area contributed by atoms with Gasteiger partial charge in [0.15, 0.2) is 0 Å². The van der Waals surface area contributed by atoms with Gasteiger partial charge in [0.25, 0.3) is 5.56 Å². The highest BCUT2D eigenvalue weighted by Gasteiger charge is 2.13. The molecule has 2 N–H and O–H groups in total. The van der Waals surface area contributed by atoms with Crippen LogP contribution in [0.4, 0.5) is 0 Å². The quantitative estimate of drug-likeness (QED) is 0.873. The Hall–Kier alpha value is -2.37. The zero-order valence-corrected chi connectivity index (χ0v) is 10.7. The number of aromatic amines is 1. The summed E-state index contributed by atoms with van der Waals surface area (Å²) in [6.45, 7) is 3.48. The van der Waals surface area contributed by atoms with Gasteiger partial charge in [0.05, 0.1) is 11.8 Å². The van der Waals surface area contributed by atoms with Crippen molar-refractivity contribution in [1.29, 1.82) is 0 Å². The van der Waals surface area contributed by atoms with Crippen LogP contribution in [0.25, 0.3) is 11.4 Å². The Morgan fingerprint density at radius 3 is 2.74 bits per heavy atom.